The zero-order chi connectivity index (χ0) is 22.7. The van der Waals surface area contributed by atoms with E-state index in [2.05, 4.69) is 4.72 Å². The highest BCUT2D eigenvalue weighted by molar-refractivity contribution is 8.00. The zero-order valence-electron chi connectivity index (χ0n) is 17.2. The lowest BCUT2D eigenvalue weighted by molar-refractivity contribution is -0.115. The number of benzene rings is 3. The highest BCUT2D eigenvalue weighted by Gasteiger charge is 2.34. The van der Waals surface area contributed by atoms with Gasteiger partial charge in [0.05, 0.1) is 17.3 Å². The van der Waals surface area contributed by atoms with Gasteiger partial charge in [0.15, 0.2) is 0 Å². The first-order valence-corrected chi connectivity index (χ1v) is 12.5. The summed E-state index contributed by atoms with van der Waals surface area (Å²) in [5, 5.41) is -0.219. The molecule has 1 aliphatic rings. The lowest BCUT2D eigenvalue weighted by atomic mass is 10.1. The summed E-state index contributed by atoms with van der Waals surface area (Å²) < 4.78 is 46.1. The van der Waals surface area contributed by atoms with Crippen LogP contribution in [0.4, 0.5) is 15.8 Å². The molecule has 1 aliphatic heterocycles. The lowest BCUT2D eigenvalue weighted by Gasteiger charge is -2.24. The summed E-state index contributed by atoms with van der Waals surface area (Å²) in [5.41, 5.74) is 2.02. The molecule has 1 amide bonds. The van der Waals surface area contributed by atoms with Crippen molar-refractivity contribution in [1.29, 1.82) is 0 Å². The van der Waals surface area contributed by atoms with Gasteiger partial charge in [-0.1, -0.05) is 12.1 Å². The Balaban J connectivity index is 1.52. The number of thioether (sulfide) groups is 1. The monoisotopic (exact) mass is 472 g/mol. The maximum absolute atomic E-state index is 13.1. The molecule has 0 spiro atoms. The number of carbonyl (C=O) groups is 1. The molecule has 1 N–H and O–H groups in total. The van der Waals surface area contributed by atoms with Crippen molar-refractivity contribution in [2.24, 2.45) is 0 Å². The van der Waals surface area contributed by atoms with Gasteiger partial charge in [-0.05, 0) is 73.2 Å². The number of hydrogen-bond acceptors (Lipinski definition) is 5. The largest absolute Gasteiger partial charge is 0.494 e. The standard InChI is InChI=1S/C23H21FN2O4S2/c1-2-30-20-11-9-19(10-12-20)26-22(27)15-31-23(26)16-3-7-18(8-4-16)25-32(28,29)21-13-5-17(24)6-14-21/h3-14,23,25H,2,15H2,1H3. The van der Waals surface area contributed by atoms with Gasteiger partial charge in [-0.2, -0.15) is 0 Å². The van der Waals surface area contributed by atoms with Gasteiger partial charge in [-0.15, -0.1) is 11.8 Å². The first-order valence-electron chi connectivity index (χ1n) is 9.92. The lowest BCUT2D eigenvalue weighted by Crippen LogP contribution is -2.27. The molecule has 0 aliphatic carbocycles. The summed E-state index contributed by atoms with van der Waals surface area (Å²) in [6.45, 7) is 2.48. The number of ether oxygens (including phenoxy) is 1. The van der Waals surface area contributed by atoms with Crippen LogP contribution in [0.2, 0.25) is 0 Å². The molecular weight excluding hydrogens is 451 g/mol. The van der Waals surface area contributed by atoms with Crippen LogP contribution in [0, 0.1) is 5.82 Å². The molecule has 4 rings (SSSR count). The van der Waals surface area contributed by atoms with Crippen molar-refractivity contribution in [2.45, 2.75) is 17.2 Å². The molecule has 32 heavy (non-hydrogen) atoms. The fourth-order valence-electron chi connectivity index (χ4n) is 3.36. The molecule has 3 aromatic rings. The Bertz CT molecular complexity index is 1200. The zero-order valence-corrected chi connectivity index (χ0v) is 18.8. The molecule has 1 saturated heterocycles. The molecule has 9 heteroatoms. The van der Waals surface area contributed by atoms with E-state index < -0.39 is 15.8 Å². The third-order valence-electron chi connectivity index (χ3n) is 4.87. The number of nitrogens with one attached hydrogen (secondary N) is 1. The van der Waals surface area contributed by atoms with Crippen LogP contribution >= 0.6 is 11.8 Å². The van der Waals surface area contributed by atoms with Crippen LogP contribution in [0.3, 0.4) is 0 Å². The first kappa shape index (κ1) is 22.2. The van der Waals surface area contributed by atoms with Crippen LogP contribution in [-0.4, -0.2) is 26.7 Å². The Labute approximate surface area is 190 Å². The second-order valence-corrected chi connectivity index (χ2v) is 9.79. The molecule has 0 aromatic heterocycles. The third-order valence-corrected chi connectivity index (χ3v) is 7.48. The normalized spacial score (nSPS) is 16.2. The van der Waals surface area contributed by atoms with E-state index in [0.29, 0.717) is 18.0 Å². The fraction of sp³-hybridized carbons (Fsp3) is 0.174. The van der Waals surface area contributed by atoms with E-state index in [-0.39, 0.29) is 16.2 Å². The predicted octanol–water partition coefficient (Wildman–Crippen LogP) is 4.80. The molecule has 1 atom stereocenters. The van der Waals surface area contributed by atoms with E-state index in [0.717, 1.165) is 29.1 Å². The van der Waals surface area contributed by atoms with Crippen molar-refractivity contribution < 1.29 is 22.3 Å². The van der Waals surface area contributed by atoms with Crippen LogP contribution in [-0.2, 0) is 14.8 Å². The van der Waals surface area contributed by atoms with Gasteiger partial charge in [-0.25, -0.2) is 12.8 Å². The van der Waals surface area contributed by atoms with Crippen molar-refractivity contribution >= 4 is 39.1 Å². The van der Waals surface area contributed by atoms with Gasteiger partial charge in [-0.3, -0.25) is 14.4 Å². The highest BCUT2D eigenvalue weighted by atomic mass is 32.2. The number of sulfonamides is 1. The van der Waals surface area contributed by atoms with Crippen LogP contribution < -0.4 is 14.4 Å². The van der Waals surface area contributed by atoms with E-state index in [9.17, 15) is 17.6 Å². The van der Waals surface area contributed by atoms with Gasteiger partial charge in [0, 0.05) is 11.4 Å². The molecule has 1 fully saturated rings. The maximum atomic E-state index is 13.1. The van der Waals surface area contributed by atoms with Crippen molar-refractivity contribution in [3.8, 4) is 5.75 Å². The second-order valence-electron chi connectivity index (χ2n) is 7.04. The van der Waals surface area contributed by atoms with E-state index in [1.165, 1.54) is 23.9 Å². The van der Waals surface area contributed by atoms with Crippen LogP contribution in [0.15, 0.2) is 77.7 Å². The number of nitrogens with zero attached hydrogens (tertiary/aromatic N) is 1. The summed E-state index contributed by atoms with van der Waals surface area (Å²) in [7, 11) is -3.83. The van der Waals surface area contributed by atoms with Crippen molar-refractivity contribution in [3.63, 3.8) is 0 Å². The van der Waals surface area contributed by atoms with Gasteiger partial charge in [0.2, 0.25) is 5.91 Å². The molecule has 0 bridgehead atoms. The predicted molar refractivity (Wildman–Crippen MR) is 124 cm³/mol. The van der Waals surface area contributed by atoms with Gasteiger partial charge < -0.3 is 4.74 Å². The molecule has 1 heterocycles. The van der Waals surface area contributed by atoms with Gasteiger partial charge in [0.25, 0.3) is 10.0 Å². The summed E-state index contributed by atoms with van der Waals surface area (Å²) in [6, 6.07) is 18.9. The average Bonchev–Trinajstić information content (AvgIpc) is 3.16. The molecule has 1 unspecified atom stereocenters. The SMILES string of the molecule is CCOc1ccc(N2C(=O)CSC2c2ccc(NS(=O)(=O)c3ccc(F)cc3)cc2)cc1. The summed E-state index contributed by atoms with van der Waals surface area (Å²) in [5.74, 6) is 0.598. The van der Waals surface area contributed by atoms with Crippen molar-refractivity contribution in [2.75, 3.05) is 22.0 Å². The Kier molecular flexibility index (Phi) is 6.38. The summed E-state index contributed by atoms with van der Waals surface area (Å²) in [4.78, 5) is 14.3. The van der Waals surface area contributed by atoms with Crippen LogP contribution in [0.25, 0.3) is 0 Å². The molecule has 0 radical (unpaired) electrons. The van der Waals surface area contributed by atoms with Crippen molar-refractivity contribution in [3.05, 3.63) is 84.2 Å². The molecule has 3 aromatic carbocycles. The highest BCUT2D eigenvalue weighted by Crippen LogP contribution is 2.42. The number of carbonyl (C=O) groups excluding carboxylic acids is 1. The first-order chi connectivity index (χ1) is 15.4. The third kappa shape index (κ3) is 4.73. The minimum absolute atomic E-state index is 0.00486. The minimum Gasteiger partial charge on any atom is -0.494 e. The van der Waals surface area contributed by atoms with E-state index >= 15 is 0 Å². The minimum atomic E-state index is -3.83. The summed E-state index contributed by atoms with van der Waals surface area (Å²) in [6.07, 6.45) is 0. The molecular formula is C23H21FN2O4S2. The van der Waals surface area contributed by atoms with E-state index in [1.807, 2.05) is 31.2 Å². The molecule has 166 valence electrons. The molecule has 6 nitrogen and oxygen atoms in total. The summed E-state index contributed by atoms with van der Waals surface area (Å²) >= 11 is 1.51. The smallest absolute Gasteiger partial charge is 0.261 e. The fourth-order valence-corrected chi connectivity index (χ4v) is 5.60. The number of rotatable bonds is 7. The van der Waals surface area contributed by atoms with Crippen LogP contribution in [0.5, 0.6) is 5.75 Å². The van der Waals surface area contributed by atoms with Gasteiger partial charge in [0.1, 0.15) is 16.9 Å². The number of anilines is 2. The number of halogens is 1. The average molecular weight is 473 g/mol. The van der Waals surface area contributed by atoms with E-state index in [1.54, 1.807) is 29.2 Å². The van der Waals surface area contributed by atoms with Crippen molar-refractivity contribution in [1.82, 2.24) is 0 Å². The Morgan fingerprint density at radius 1 is 1.03 bits per heavy atom. The second kappa shape index (κ2) is 9.22. The molecule has 0 saturated carbocycles. The number of hydrogen-bond donors (Lipinski definition) is 1. The Morgan fingerprint density at radius 2 is 1.69 bits per heavy atom. The number of amides is 1. The quantitative estimate of drug-likeness (QED) is 0.534. The Hall–Kier alpha value is -3.04. The Morgan fingerprint density at radius 3 is 2.31 bits per heavy atom. The topological polar surface area (TPSA) is 75.7 Å². The maximum Gasteiger partial charge on any atom is 0.261 e. The van der Waals surface area contributed by atoms with Gasteiger partial charge >= 0.3 is 0 Å². The van der Waals surface area contributed by atoms with Crippen LogP contribution in [0.1, 0.15) is 17.9 Å². The van der Waals surface area contributed by atoms with E-state index in [4.69, 9.17) is 4.74 Å².